The number of rotatable bonds is 7. The highest BCUT2D eigenvalue weighted by Crippen LogP contribution is 2.34. The number of anilines is 2. The molecule has 0 amide bonds. The number of nitrogens with zero attached hydrogens (tertiary/aromatic N) is 5. The van der Waals surface area contributed by atoms with Gasteiger partial charge in [-0.05, 0) is 75.3 Å². The normalized spacial score (nSPS) is 24.1. The molecule has 3 aromatic rings. The molecule has 1 saturated heterocycles. The summed E-state index contributed by atoms with van der Waals surface area (Å²) in [5.74, 6) is 2.14. The highest BCUT2D eigenvalue weighted by molar-refractivity contribution is 6.31. The van der Waals surface area contributed by atoms with Gasteiger partial charge in [-0.1, -0.05) is 42.6 Å². The predicted octanol–water partition coefficient (Wildman–Crippen LogP) is 5.56. The van der Waals surface area contributed by atoms with Gasteiger partial charge in [-0.25, -0.2) is 9.99 Å². The number of nitrogens with one attached hydrogen (secondary N) is 2. The van der Waals surface area contributed by atoms with E-state index >= 15 is 0 Å². The third kappa shape index (κ3) is 5.71. The van der Waals surface area contributed by atoms with Crippen LogP contribution in [0.15, 0.2) is 30.6 Å². The molecule has 3 fully saturated rings. The Bertz CT molecular complexity index is 1190. The zero-order valence-corrected chi connectivity index (χ0v) is 22.3. The molecule has 0 atom stereocenters. The SMILES string of the molecule is N[C@H]1CC[C@H](Nc2nc(NN3CCC(Cc4ccccc4Cl)CC3)c3ncn(C4CCCC4)c3n2)CC1. The van der Waals surface area contributed by atoms with Crippen molar-refractivity contribution in [2.45, 2.75) is 88.8 Å². The Morgan fingerprint density at radius 2 is 1.70 bits per heavy atom. The number of hydrazine groups is 1. The van der Waals surface area contributed by atoms with E-state index < -0.39 is 0 Å². The number of halogens is 1. The van der Waals surface area contributed by atoms with Crippen molar-refractivity contribution in [3.05, 3.63) is 41.2 Å². The molecular formula is C28H39ClN8. The van der Waals surface area contributed by atoms with Crippen molar-refractivity contribution in [1.29, 1.82) is 0 Å². The molecule has 1 aliphatic heterocycles. The van der Waals surface area contributed by atoms with Gasteiger partial charge in [-0.3, -0.25) is 0 Å². The van der Waals surface area contributed by atoms with Crippen molar-refractivity contribution in [1.82, 2.24) is 24.5 Å². The molecule has 0 radical (unpaired) electrons. The van der Waals surface area contributed by atoms with Gasteiger partial charge in [0.1, 0.15) is 0 Å². The quantitative estimate of drug-likeness (QED) is 0.374. The maximum Gasteiger partial charge on any atom is 0.227 e. The molecule has 2 aromatic heterocycles. The summed E-state index contributed by atoms with van der Waals surface area (Å²) in [7, 11) is 0. The number of fused-ring (bicyclic) bond motifs is 1. The number of benzene rings is 1. The highest BCUT2D eigenvalue weighted by atomic mass is 35.5. The second-order valence-corrected chi connectivity index (χ2v) is 11.7. The van der Waals surface area contributed by atoms with Crippen LogP contribution in [0.4, 0.5) is 11.8 Å². The van der Waals surface area contributed by atoms with Crippen LogP contribution in [0.5, 0.6) is 0 Å². The Balaban J connectivity index is 1.18. The van der Waals surface area contributed by atoms with Crippen LogP contribution in [-0.2, 0) is 6.42 Å². The third-order valence-electron chi connectivity index (χ3n) is 8.59. The Kier molecular flexibility index (Phi) is 7.49. The lowest BCUT2D eigenvalue weighted by Crippen LogP contribution is -2.39. The summed E-state index contributed by atoms with van der Waals surface area (Å²) in [4.78, 5) is 14.7. The highest BCUT2D eigenvalue weighted by Gasteiger charge is 2.26. The van der Waals surface area contributed by atoms with Gasteiger partial charge >= 0.3 is 0 Å². The van der Waals surface area contributed by atoms with E-state index in [9.17, 15) is 0 Å². The fourth-order valence-electron chi connectivity index (χ4n) is 6.33. The van der Waals surface area contributed by atoms with E-state index in [1.807, 2.05) is 18.5 Å². The number of hydrogen-bond acceptors (Lipinski definition) is 7. The minimum absolute atomic E-state index is 0.323. The zero-order chi connectivity index (χ0) is 25.2. The van der Waals surface area contributed by atoms with Gasteiger partial charge in [-0.2, -0.15) is 9.97 Å². The second kappa shape index (κ2) is 11.1. The van der Waals surface area contributed by atoms with Crippen LogP contribution in [0.25, 0.3) is 11.2 Å². The first-order valence-corrected chi connectivity index (χ1v) is 14.5. The molecule has 3 aliphatic rings. The topological polar surface area (TPSA) is 96.9 Å². The number of hydrogen-bond donors (Lipinski definition) is 3. The molecule has 2 aliphatic carbocycles. The molecule has 198 valence electrons. The first-order valence-electron chi connectivity index (χ1n) is 14.1. The van der Waals surface area contributed by atoms with Crippen molar-refractivity contribution >= 4 is 34.5 Å². The molecule has 6 rings (SSSR count). The Morgan fingerprint density at radius 1 is 0.946 bits per heavy atom. The van der Waals surface area contributed by atoms with Crippen molar-refractivity contribution < 1.29 is 0 Å². The Labute approximate surface area is 224 Å². The van der Waals surface area contributed by atoms with Gasteiger partial charge in [0, 0.05) is 36.2 Å². The van der Waals surface area contributed by atoms with Crippen LogP contribution < -0.4 is 16.5 Å². The van der Waals surface area contributed by atoms with Gasteiger partial charge < -0.3 is 21.0 Å². The molecule has 8 nitrogen and oxygen atoms in total. The lowest BCUT2D eigenvalue weighted by molar-refractivity contribution is 0.216. The van der Waals surface area contributed by atoms with E-state index in [2.05, 4.69) is 32.5 Å². The minimum Gasteiger partial charge on any atom is -0.351 e. The summed E-state index contributed by atoms with van der Waals surface area (Å²) in [6.07, 6.45) is 14.4. The zero-order valence-electron chi connectivity index (χ0n) is 21.6. The number of imidazole rings is 1. The fraction of sp³-hybridized carbons (Fsp3) is 0.607. The molecule has 4 N–H and O–H groups in total. The van der Waals surface area contributed by atoms with Gasteiger partial charge in [-0.15, -0.1) is 0 Å². The summed E-state index contributed by atoms with van der Waals surface area (Å²) in [6, 6.07) is 9.40. The van der Waals surface area contributed by atoms with Gasteiger partial charge in [0.05, 0.1) is 6.33 Å². The monoisotopic (exact) mass is 522 g/mol. The molecule has 0 spiro atoms. The first-order chi connectivity index (χ1) is 18.1. The fourth-order valence-corrected chi connectivity index (χ4v) is 6.54. The molecule has 0 bridgehead atoms. The summed E-state index contributed by atoms with van der Waals surface area (Å²) in [6.45, 7) is 1.93. The van der Waals surface area contributed by atoms with Crippen LogP contribution in [0, 0.1) is 5.92 Å². The lowest BCUT2D eigenvalue weighted by atomic mass is 9.91. The Morgan fingerprint density at radius 3 is 2.46 bits per heavy atom. The van der Waals surface area contributed by atoms with E-state index in [1.54, 1.807) is 0 Å². The summed E-state index contributed by atoms with van der Waals surface area (Å²) in [5, 5.41) is 6.80. The maximum atomic E-state index is 6.42. The van der Waals surface area contributed by atoms with E-state index in [1.165, 1.54) is 31.2 Å². The number of nitrogens with two attached hydrogens (primary N) is 1. The van der Waals surface area contributed by atoms with Gasteiger partial charge in [0.15, 0.2) is 17.0 Å². The molecule has 9 heteroatoms. The molecule has 1 aromatic carbocycles. The maximum absolute atomic E-state index is 6.42. The smallest absolute Gasteiger partial charge is 0.227 e. The van der Waals surface area contributed by atoms with Crippen molar-refractivity contribution in [3.63, 3.8) is 0 Å². The van der Waals surface area contributed by atoms with Crippen molar-refractivity contribution in [2.75, 3.05) is 23.8 Å². The third-order valence-corrected chi connectivity index (χ3v) is 8.96. The van der Waals surface area contributed by atoms with Crippen LogP contribution in [0.3, 0.4) is 0 Å². The first kappa shape index (κ1) is 24.9. The summed E-state index contributed by atoms with van der Waals surface area (Å²) >= 11 is 6.42. The second-order valence-electron chi connectivity index (χ2n) is 11.3. The Hall–Kier alpha value is -2.42. The molecule has 0 unspecified atom stereocenters. The molecular weight excluding hydrogens is 484 g/mol. The van der Waals surface area contributed by atoms with Crippen molar-refractivity contribution in [3.8, 4) is 0 Å². The van der Waals surface area contributed by atoms with E-state index in [-0.39, 0.29) is 0 Å². The summed E-state index contributed by atoms with van der Waals surface area (Å²) < 4.78 is 2.28. The van der Waals surface area contributed by atoms with Crippen LogP contribution in [0.1, 0.15) is 75.8 Å². The molecule has 37 heavy (non-hydrogen) atoms. The van der Waals surface area contributed by atoms with Crippen molar-refractivity contribution in [2.24, 2.45) is 11.7 Å². The summed E-state index contributed by atoms with van der Waals surface area (Å²) in [5.41, 5.74) is 12.8. The van der Waals surface area contributed by atoms with Crippen LogP contribution >= 0.6 is 11.6 Å². The average molecular weight is 523 g/mol. The van der Waals surface area contributed by atoms with E-state index in [4.69, 9.17) is 32.3 Å². The average Bonchev–Trinajstić information content (AvgIpc) is 3.58. The number of aromatic nitrogens is 4. The minimum atomic E-state index is 0.323. The van der Waals surface area contributed by atoms with Crippen LogP contribution in [-0.4, -0.2) is 49.7 Å². The standard InChI is InChI=1S/C28H39ClN8/c29-24-8-4-1-5-20(24)17-19-13-15-36(16-14-19)35-26-25-27(37(18-31-25)23-6-2-3-7-23)34-28(33-26)32-22-11-9-21(30)10-12-22/h1,4-5,8,18-19,21-23H,2-3,6-7,9-17,30H2,(H2,32,33,34,35)/t21-,22-. The van der Waals surface area contributed by atoms with Gasteiger partial charge in [0.2, 0.25) is 5.95 Å². The van der Waals surface area contributed by atoms with E-state index in [0.29, 0.717) is 30.0 Å². The lowest BCUT2D eigenvalue weighted by Gasteiger charge is -2.32. The number of piperidine rings is 1. The largest absolute Gasteiger partial charge is 0.351 e. The molecule has 3 heterocycles. The van der Waals surface area contributed by atoms with Crippen LogP contribution in [0.2, 0.25) is 5.02 Å². The van der Waals surface area contributed by atoms with Gasteiger partial charge in [0.25, 0.3) is 0 Å². The predicted molar refractivity (Wildman–Crippen MR) is 150 cm³/mol. The molecule has 2 saturated carbocycles. The van der Waals surface area contributed by atoms with E-state index in [0.717, 1.165) is 80.0 Å².